The third kappa shape index (κ3) is 5.26. The van der Waals surface area contributed by atoms with E-state index in [1.54, 1.807) is 35.2 Å². The van der Waals surface area contributed by atoms with Gasteiger partial charge in [0.05, 0.1) is 28.2 Å². The van der Waals surface area contributed by atoms with E-state index >= 15 is 0 Å². The third-order valence-corrected chi connectivity index (χ3v) is 8.09. The third-order valence-electron chi connectivity index (χ3n) is 7.52. The Bertz CT molecular complexity index is 1690. The quantitative estimate of drug-likeness (QED) is 0.235. The van der Waals surface area contributed by atoms with Gasteiger partial charge >= 0.3 is 0 Å². The van der Waals surface area contributed by atoms with Crippen molar-refractivity contribution in [1.29, 1.82) is 5.26 Å². The van der Waals surface area contributed by atoms with Gasteiger partial charge in [0.15, 0.2) is 5.78 Å². The van der Waals surface area contributed by atoms with Crippen LogP contribution < -0.4 is 15.4 Å². The van der Waals surface area contributed by atoms with Gasteiger partial charge in [-0.25, -0.2) is 0 Å². The molecule has 10 heteroatoms. The van der Waals surface area contributed by atoms with Crippen LogP contribution >= 0.6 is 23.2 Å². The summed E-state index contributed by atoms with van der Waals surface area (Å²) in [5.41, 5.74) is 11.6. The number of Topliss-reactive ketones (excluding diaryl/α,β-unsaturated/α-hetero) is 1. The lowest BCUT2D eigenvalue weighted by atomic mass is 9.73. The molecule has 0 saturated carbocycles. The molecule has 208 valence electrons. The number of nitrogens with zero attached hydrogens (tertiary/aromatic N) is 3. The first-order valence-corrected chi connectivity index (χ1v) is 13.7. The molecule has 1 atom stereocenters. The number of ketones is 1. The molecule has 0 fully saturated rings. The Hall–Kier alpha value is -4.32. The highest BCUT2D eigenvalue weighted by atomic mass is 35.5. The second kappa shape index (κ2) is 11.3. The van der Waals surface area contributed by atoms with Crippen molar-refractivity contribution >= 4 is 40.4 Å². The molecule has 0 amide bonds. The molecule has 0 spiro atoms. The van der Waals surface area contributed by atoms with Gasteiger partial charge in [-0.1, -0.05) is 40.9 Å². The lowest BCUT2D eigenvalue weighted by Crippen LogP contribution is -2.39. The Morgan fingerprint density at radius 1 is 1.12 bits per heavy atom. The maximum Gasteiger partial charge on any atom is 0.289 e. The number of hydrogen-bond acceptors (Lipinski definition) is 7. The van der Waals surface area contributed by atoms with E-state index in [4.69, 9.17) is 33.7 Å². The SMILES string of the molecule is Cc1cc(COc2ccc(Cl)cc2)c(C)c(C2C(C#N)=C(N)N(c3ccc(Cl)c([N+](=O)[O-])c3)C3=C2C(=O)CCC3)c1. The molecule has 0 aromatic heterocycles. The van der Waals surface area contributed by atoms with Gasteiger partial charge < -0.3 is 10.5 Å². The van der Waals surface area contributed by atoms with Crippen LogP contribution in [0.25, 0.3) is 0 Å². The van der Waals surface area contributed by atoms with E-state index in [0.29, 0.717) is 47.0 Å². The summed E-state index contributed by atoms with van der Waals surface area (Å²) in [5.74, 6) is 0.0271. The molecule has 2 N–H and O–H groups in total. The maximum absolute atomic E-state index is 13.6. The molecule has 5 rings (SSSR count). The first kappa shape index (κ1) is 28.2. The van der Waals surface area contributed by atoms with Gasteiger partial charge in [-0.2, -0.15) is 5.26 Å². The topological polar surface area (TPSA) is 122 Å². The predicted molar refractivity (Wildman–Crippen MR) is 158 cm³/mol. The van der Waals surface area contributed by atoms with Crippen LogP contribution in [0.2, 0.25) is 10.0 Å². The molecule has 1 heterocycles. The molecular formula is C31H26Cl2N4O4. The number of ether oxygens (including phenoxy) is 1. The van der Waals surface area contributed by atoms with Crippen molar-refractivity contribution in [3.63, 3.8) is 0 Å². The average Bonchev–Trinajstić information content (AvgIpc) is 2.94. The number of carbonyl (C=O) groups is 1. The number of rotatable bonds is 6. The van der Waals surface area contributed by atoms with Crippen molar-refractivity contribution in [3.8, 4) is 11.8 Å². The summed E-state index contributed by atoms with van der Waals surface area (Å²) in [7, 11) is 0. The highest BCUT2D eigenvalue weighted by molar-refractivity contribution is 6.32. The number of benzene rings is 3. The molecule has 1 unspecified atom stereocenters. The zero-order chi connectivity index (χ0) is 29.4. The van der Waals surface area contributed by atoms with Gasteiger partial charge in [-0.05, 0) is 79.8 Å². The van der Waals surface area contributed by atoms with Gasteiger partial charge in [0, 0.05) is 28.8 Å². The number of anilines is 1. The predicted octanol–water partition coefficient (Wildman–Crippen LogP) is 7.40. The van der Waals surface area contributed by atoms with E-state index in [1.165, 1.54) is 12.1 Å². The van der Waals surface area contributed by atoms with Crippen LogP contribution in [0.4, 0.5) is 11.4 Å². The zero-order valence-corrected chi connectivity index (χ0v) is 23.9. The second-order valence-corrected chi connectivity index (χ2v) is 10.9. The van der Waals surface area contributed by atoms with Crippen LogP contribution in [-0.4, -0.2) is 10.7 Å². The number of aryl methyl sites for hydroxylation is 1. The maximum atomic E-state index is 13.6. The minimum absolute atomic E-state index is 0.0191. The van der Waals surface area contributed by atoms with Crippen molar-refractivity contribution in [2.24, 2.45) is 5.73 Å². The molecule has 0 saturated heterocycles. The highest BCUT2D eigenvalue weighted by Gasteiger charge is 2.41. The van der Waals surface area contributed by atoms with E-state index < -0.39 is 10.8 Å². The van der Waals surface area contributed by atoms with Crippen molar-refractivity contribution in [2.45, 2.75) is 45.6 Å². The molecule has 41 heavy (non-hydrogen) atoms. The Labute approximate surface area is 247 Å². The van der Waals surface area contributed by atoms with E-state index in [1.807, 2.05) is 26.0 Å². The fourth-order valence-corrected chi connectivity index (χ4v) is 5.89. The van der Waals surface area contributed by atoms with Crippen molar-refractivity contribution < 1.29 is 14.5 Å². The minimum Gasteiger partial charge on any atom is -0.489 e. The summed E-state index contributed by atoms with van der Waals surface area (Å²) < 4.78 is 6.03. The number of carbonyl (C=O) groups excluding carboxylic acids is 1. The average molecular weight is 589 g/mol. The summed E-state index contributed by atoms with van der Waals surface area (Å²) in [6.45, 7) is 4.17. The first-order chi connectivity index (χ1) is 19.6. The monoisotopic (exact) mass is 588 g/mol. The number of hydrogen-bond donors (Lipinski definition) is 1. The van der Waals surface area contributed by atoms with E-state index in [0.717, 1.165) is 22.3 Å². The van der Waals surface area contributed by atoms with Gasteiger partial charge in [0.1, 0.15) is 23.2 Å². The molecule has 1 aliphatic heterocycles. The lowest BCUT2D eigenvalue weighted by molar-refractivity contribution is -0.384. The van der Waals surface area contributed by atoms with E-state index in [-0.39, 0.29) is 34.5 Å². The number of allylic oxidation sites excluding steroid dienone is 3. The Kier molecular flexibility index (Phi) is 7.76. The van der Waals surface area contributed by atoms with Crippen LogP contribution in [0.5, 0.6) is 5.75 Å². The van der Waals surface area contributed by atoms with Crippen LogP contribution in [0.1, 0.15) is 47.4 Å². The molecule has 2 aliphatic rings. The normalized spacial score (nSPS) is 16.9. The van der Waals surface area contributed by atoms with Gasteiger partial charge in [0.2, 0.25) is 0 Å². The molecule has 3 aromatic rings. The van der Waals surface area contributed by atoms with Gasteiger partial charge in [-0.15, -0.1) is 0 Å². The zero-order valence-electron chi connectivity index (χ0n) is 22.4. The summed E-state index contributed by atoms with van der Waals surface area (Å²) in [4.78, 5) is 26.2. The lowest BCUT2D eigenvalue weighted by Gasteiger charge is -2.40. The van der Waals surface area contributed by atoms with Crippen LogP contribution in [0.15, 0.2) is 77.3 Å². The van der Waals surface area contributed by atoms with E-state index in [9.17, 15) is 20.2 Å². The Morgan fingerprint density at radius 2 is 1.85 bits per heavy atom. The summed E-state index contributed by atoms with van der Waals surface area (Å²) in [6.07, 6.45) is 1.45. The van der Waals surface area contributed by atoms with Gasteiger partial charge in [-0.3, -0.25) is 19.8 Å². The Morgan fingerprint density at radius 3 is 2.54 bits per heavy atom. The van der Waals surface area contributed by atoms with E-state index in [2.05, 4.69) is 6.07 Å². The fourth-order valence-electron chi connectivity index (χ4n) is 5.58. The number of nitriles is 1. The van der Waals surface area contributed by atoms with Crippen molar-refractivity contribution in [1.82, 2.24) is 0 Å². The van der Waals surface area contributed by atoms with Crippen molar-refractivity contribution in [2.75, 3.05) is 4.90 Å². The van der Waals surface area contributed by atoms with Crippen LogP contribution in [0.3, 0.4) is 0 Å². The summed E-state index contributed by atoms with van der Waals surface area (Å²) >= 11 is 12.1. The minimum atomic E-state index is -0.685. The number of nitrogens with two attached hydrogens (primary N) is 1. The smallest absolute Gasteiger partial charge is 0.289 e. The Balaban J connectivity index is 1.64. The molecule has 0 bridgehead atoms. The van der Waals surface area contributed by atoms with Gasteiger partial charge in [0.25, 0.3) is 5.69 Å². The molecule has 8 nitrogen and oxygen atoms in total. The second-order valence-electron chi connectivity index (χ2n) is 10.1. The van der Waals surface area contributed by atoms with Crippen LogP contribution in [-0.2, 0) is 11.4 Å². The summed E-state index contributed by atoms with van der Waals surface area (Å²) in [5, 5.41) is 22.6. The first-order valence-electron chi connectivity index (χ1n) is 13.0. The standard InChI is InChI=1S/C31H26Cl2N4O4/c1-17-12-19(16-41-22-9-6-20(32)7-10-22)18(2)23(13-17)29-24(15-34)31(35)36(26-4-3-5-28(38)30(26)29)21-8-11-25(33)27(14-21)37(39)40/h6-14,29H,3-5,16,35H2,1-2H3. The fraction of sp³-hybridized carbons (Fsp3) is 0.226. The molecular weight excluding hydrogens is 563 g/mol. The van der Waals surface area contributed by atoms with Crippen molar-refractivity contribution in [3.05, 3.63) is 120 Å². The molecule has 0 radical (unpaired) electrons. The number of halogens is 2. The summed E-state index contributed by atoms with van der Waals surface area (Å²) in [6, 6.07) is 17.7. The molecule has 3 aromatic carbocycles. The molecule has 1 aliphatic carbocycles. The number of nitro groups is 1. The number of nitro benzene ring substituents is 1. The largest absolute Gasteiger partial charge is 0.489 e. The highest BCUT2D eigenvalue weighted by Crippen LogP contribution is 2.48. The van der Waals surface area contributed by atoms with Crippen LogP contribution in [0, 0.1) is 35.3 Å².